The van der Waals surface area contributed by atoms with Crippen molar-refractivity contribution in [3.05, 3.63) is 24.0 Å². The molecule has 54 valence electrons. The third-order valence-electron chi connectivity index (χ3n) is 1.39. The van der Waals surface area contributed by atoms with Crippen molar-refractivity contribution < 1.29 is 0 Å². The van der Waals surface area contributed by atoms with Gasteiger partial charge in [-0.25, -0.2) is 0 Å². The van der Waals surface area contributed by atoms with E-state index in [1.165, 1.54) is 0 Å². The second-order valence-corrected chi connectivity index (χ2v) is 2.28. The molecule has 0 amide bonds. The summed E-state index contributed by atoms with van der Waals surface area (Å²) < 4.78 is 1.94. The van der Waals surface area contributed by atoms with E-state index in [0.717, 1.165) is 5.56 Å². The Kier molecular flexibility index (Phi) is 2.42. The van der Waals surface area contributed by atoms with Crippen LogP contribution in [-0.4, -0.2) is 4.57 Å². The highest BCUT2D eigenvalue weighted by atomic mass is 14.9. The molecule has 0 aliphatic rings. The van der Waals surface area contributed by atoms with Crippen molar-refractivity contribution in [2.75, 3.05) is 0 Å². The normalized spacial score (nSPS) is 8.55. The molecule has 0 N–H and O–H groups in total. The van der Waals surface area contributed by atoms with Crippen molar-refractivity contribution in [3.8, 4) is 24.7 Å². The minimum atomic E-state index is 0.616. The summed E-state index contributed by atoms with van der Waals surface area (Å²) in [5.41, 5.74) is 1.14. The summed E-state index contributed by atoms with van der Waals surface area (Å²) in [6, 6.07) is 1.98. The number of nitrogens with zero attached hydrogens (tertiary/aromatic N) is 1. The minimum Gasteiger partial charge on any atom is -0.343 e. The van der Waals surface area contributed by atoms with E-state index in [2.05, 4.69) is 11.8 Å². The van der Waals surface area contributed by atoms with E-state index in [0.29, 0.717) is 13.0 Å². The van der Waals surface area contributed by atoms with Gasteiger partial charge in [0.05, 0.1) is 6.54 Å². The summed E-state index contributed by atoms with van der Waals surface area (Å²) in [5.74, 6) is 5.13. The van der Waals surface area contributed by atoms with Crippen LogP contribution in [0.4, 0.5) is 0 Å². The molecule has 1 nitrogen and oxygen atoms in total. The highest BCUT2D eigenvalue weighted by Crippen LogP contribution is 2.00. The molecule has 0 fully saturated rings. The van der Waals surface area contributed by atoms with Crippen molar-refractivity contribution >= 4 is 0 Å². The molecular weight excluding hydrogens is 134 g/mol. The molecule has 0 aromatic carbocycles. The minimum absolute atomic E-state index is 0.616. The molecule has 0 radical (unpaired) electrons. The fraction of sp³-hybridized carbons (Fsp3) is 0.200. The van der Waals surface area contributed by atoms with Crippen LogP contribution in [-0.2, 0) is 13.0 Å². The molecule has 1 heterocycles. The predicted octanol–water partition coefficient (Wildman–Crippen LogP) is 1.30. The Balaban J connectivity index is 2.69. The van der Waals surface area contributed by atoms with Crippen LogP contribution in [0.15, 0.2) is 18.5 Å². The first-order chi connectivity index (χ1) is 5.36. The number of aromatic nitrogens is 1. The third-order valence-corrected chi connectivity index (χ3v) is 1.39. The molecule has 0 spiro atoms. The molecule has 0 aliphatic carbocycles. The Morgan fingerprint density at radius 1 is 1.36 bits per heavy atom. The van der Waals surface area contributed by atoms with Gasteiger partial charge in [-0.2, -0.15) is 0 Å². The van der Waals surface area contributed by atoms with Gasteiger partial charge in [-0.3, -0.25) is 0 Å². The summed E-state index contributed by atoms with van der Waals surface area (Å²) in [7, 11) is 0. The molecule has 0 unspecified atom stereocenters. The molecule has 11 heavy (non-hydrogen) atoms. The fourth-order valence-electron chi connectivity index (χ4n) is 0.917. The van der Waals surface area contributed by atoms with Crippen molar-refractivity contribution in [1.82, 2.24) is 4.57 Å². The van der Waals surface area contributed by atoms with Crippen molar-refractivity contribution in [2.24, 2.45) is 0 Å². The van der Waals surface area contributed by atoms with Crippen LogP contribution in [0.5, 0.6) is 0 Å². The van der Waals surface area contributed by atoms with Crippen molar-refractivity contribution in [3.63, 3.8) is 0 Å². The summed E-state index contributed by atoms with van der Waals surface area (Å²) in [5, 5.41) is 0. The lowest BCUT2D eigenvalue weighted by Gasteiger charge is -1.91. The van der Waals surface area contributed by atoms with E-state index in [4.69, 9.17) is 12.8 Å². The van der Waals surface area contributed by atoms with Crippen LogP contribution in [0.1, 0.15) is 5.56 Å². The quantitative estimate of drug-likeness (QED) is 0.550. The van der Waals surface area contributed by atoms with Gasteiger partial charge in [0.1, 0.15) is 0 Å². The molecular formula is C10H9N. The summed E-state index contributed by atoms with van der Waals surface area (Å²) in [4.78, 5) is 0. The standard InChI is InChI=1S/C10H9N/c1-3-5-10-6-8-11(9-10)7-4-2/h1-2,6,8-9H,5,7H2. The Morgan fingerprint density at radius 2 is 2.18 bits per heavy atom. The van der Waals surface area contributed by atoms with Crippen LogP contribution in [0.2, 0.25) is 0 Å². The largest absolute Gasteiger partial charge is 0.343 e. The van der Waals surface area contributed by atoms with E-state index < -0.39 is 0 Å². The van der Waals surface area contributed by atoms with Gasteiger partial charge in [0.15, 0.2) is 0 Å². The topological polar surface area (TPSA) is 4.93 Å². The van der Waals surface area contributed by atoms with Crippen LogP contribution in [0.3, 0.4) is 0 Å². The lowest BCUT2D eigenvalue weighted by atomic mass is 10.3. The van der Waals surface area contributed by atoms with Gasteiger partial charge in [-0.15, -0.1) is 18.8 Å². The van der Waals surface area contributed by atoms with E-state index >= 15 is 0 Å². The first kappa shape index (κ1) is 7.51. The number of rotatable bonds is 2. The maximum absolute atomic E-state index is 5.14. The second kappa shape index (κ2) is 3.54. The number of terminal acetylenes is 2. The van der Waals surface area contributed by atoms with E-state index in [-0.39, 0.29) is 0 Å². The average molecular weight is 143 g/mol. The molecule has 0 saturated carbocycles. The van der Waals surface area contributed by atoms with Crippen LogP contribution < -0.4 is 0 Å². The number of hydrogen-bond donors (Lipinski definition) is 0. The molecule has 0 atom stereocenters. The van der Waals surface area contributed by atoms with Crippen LogP contribution in [0.25, 0.3) is 0 Å². The Labute approximate surface area is 67.0 Å². The Morgan fingerprint density at radius 3 is 2.82 bits per heavy atom. The fourth-order valence-corrected chi connectivity index (χ4v) is 0.917. The smallest absolute Gasteiger partial charge is 0.0829 e. The van der Waals surface area contributed by atoms with Crippen molar-refractivity contribution in [2.45, 2.75) is 13.0 Å². The van der Waals surface area contributed by atoms with Gasteiger partial charge < -0.3 is 4.57 Å². The van der Waals surface area contributed by atoms with Crippen LogP contribution >= 0.6 is 0 Å². The van der Waals surface area contributed by atoms with Gasteiger partial charge >= 0.3 is 0 Å². The van der Waals surface area contributed by atoms with Gasteiger partial charge in [-0.1, -0.05) is 5.92 Å². The van der Waals surface area contributed by atoms with E-state index in [1.807, 2.05) is 23.0 Å². The molecule has 0 bridgehead atoms. The molecule has 1 rings (SSSR count). The maximum Gasteiger partial charge on any atom is 0.0829 e. The molecule has 1 aromatic rings. The van der Waals surface area contributed by atoms with E-state index in [1.54, 1.807) is 0 Å². The highest BCUT2D eigenvalue weighted by molar-refractivity contribution is 5.16. The lowest BCUT2D eigenvalue weighted by molar-refractivity contribution is 0.848. The average Bonchev–Trinajstić information content (AvgIpc) is 2.38. The summed E-state index contributed by atoms with van der Waals surface area (Å²) >= 11 is 0. The first-order valence-corrected chi connectivity index (χ1v) is 3.38. The SMILES string of the molecule is C#CCc1ccn(CC#C)c1. The first-order valence-electron chi connectivity index (χ1n) is 3.38. The summed E-state index contributed by atoms with van der Waals surface area (Å²) in [6.45, 7) is 0.616. The lowest BCUT2D eigenvalue weighted by Crippen LogP contribution is -1.89. The highest BCUT2D eigenvalue weighted by Gasteiger charge is 1.91. The molecule has 1 aromatic heterocycles. The summed E-state index contributed by atoms with van der Waals surface area (Å²) in [6.07, 6.45) is 14.9. The van der Waals surface area contributed by atoms with Gasteiger partial charge in [0, 0.05) is 18.8 Å². The van der Waals surface area contributed by atoms with Crippen LogP contribution in [0, 0.1) is 24.7 Å². The van der Waals surface area contributed by atoms with Crippen molar-refractivity contribution in [1.29, 1.82) is 0 Å². The Bertz CT molecular complexity index is 276. The monoisotopic (exact) mass is 143 g/mol. The predicted molar refractivity (Wildman–Crippen MR) is 45.8 cm³/mol. The second-order valence-electron chi connectivity index (χ2n) is 2.28. The van der Waals surface area contributed by atoms with Gasteiger partial charge in [0.25, 0.3) is 0 Å². The molecule has 0 aliphatic heterocycles. The van der Waals surface area contributed by atoms with Gasteiger partial charge in [-0.05, 0) is 11.6 Å². The Hall–Kier alpha value is -1.60. The molecule has 1 heteroatoms. The number of hydrogen-bond acceptors (Lipinski definition) is 0. The maximum atomic E-state index is 5.14. The molecule has 0 saturated heterocycles. The third kappa shape index (κ3) is 1.92. The van der Waals surface area contributed by atoms with E-state index in [9.17, 15) is 0 Å². The zero-order valence-corrected chi connectivity index (χ0v) is 6.25. The zero-order valence-electron chi connectivity index (χ0n) is 6.25. The van der Waals surface area contributed by atoms with Gasteiger partial charge in [0.2, 0.25) is 0 Å². The zero-order chi connectivity index (χ0) is 8.10.